The van der Waals surface area contributed by atoms with Crippen molar-refractivity contribution in [3.8, 4) is 11.4 Å². The van der Waals surface area contributed by atoms with Crippen molar-refractivity contribution in [2.24, 2.45) is 0 Å². The summed E-state index contributed by atoms with van der Waals surface area (Å²) in [4.78, 5) is 0. The number of halogens is 1. The highest BCUT2D eigenvalue weighted by Gasteiger charge is 2.33. The third-order valence-corrected chi connectivity index (χ3v) is 4.11. The molecule has 0 saturated carbocycles. The van der Waals surface area contributed by atoms with Gasteiger partial charge in [0, 0.05) is 24.5 Å². The molecule has 0 amide bonds. The Kier molecular flexibility index (Phi) is 3.35. The molecule has 7 heteroatoms. The van der Waals surface area contributed by atoms with Gasteiger partial charge in [-0.3, -0.25) is 0 Å². The van der Waals surface area contributed by atoms with Crippen LogP contribution in [-0.2, 0) is 10.3 Å². The van der Waals surface area contributed by atoms with Crippen LogP contribution in [0.15, 0.2) is 18.2 Å². The number of benzene rings is 1. The number of nitrogens with zero attached hydrogens (tertiary/aromatic N) is 4. The number of nitrogens with two attached hydrogens (primary N) is 1. The predicted molar refractivity (Wildman–Crippen MR) is 76.4 cm³/mol. The van der Waals surface area contributed by atoms with Gasteiger partial charge >= 0.3 is 0 Å². The maximum atomic E-state index is 6.25. The second kappa shape index (κ2) is 5.03. The molecule has 20 heavy (non-hydrogen) atoms. The molecule has 0 bridgehead atoms. The number of hydrogen-bond acceptors (Lipinski definition) is 5. The maximum Gasteiger partial charge on any atom is 0.184 e. The van der Waals surface area contributed by atoms with Gasteiger partial charge in [0.15, 0.2) is 5.82 Å². The smallest absolute Gasteiger partial charge is 0.184 e. The molecule has 1 saturated heterocycles. The minimum absolute atomic E-state index is 0.162. The lowest BCUT2D eigenvalue weighted by atomic mass is 9.92. The average Bonchev–Trinajstić information content (AvgIpc) is 2.92. The van der Waals surface area contributed by atoms with Gasteiger partial charge in [0.25, 0.3) is 0 Å². The topological polar surface area (TPSA) is 78.9 Å². The standard InChI is InChI=1S/C13H16ClN5O/c1-13(4-6-20-7-5-13)19-12(16-17-18-19)10-8-9(15)2-3-11(10)14/h2-3,8H,4-7,15H2,1H3. The third-order valence-electron chi connectivity index (χ3n) is 3.78. The van der Waals surface area contributed by atoms with Crippen LogP contribution in [0.25, 0.3) is 11.4 Å². The van der Waals surface area contributed by atoms with Crippen molar-refractivity contribution < 1.29 is 4.74 Å². The van der Waals surface area contributed by atoms with Crippen molar-refractivity contribution in [1.82, 2.24) is 20.2 Å². The van der Waals surface area contributed by atoms with Gasteiger partial charge in [-0.15, -0.1) is 5.10 Å². The van der Waals surface area contributed by atoms with E-state index in [1.54, 1.807) is 18.2 Å². The number of aromatic nitrogens is 4. The van der Waals surface area contributed by atoms with Gasteiger partial charge in [0.1, 0.15) is 0 Å². The number of nitrogen functional groups attached to an aromatic ring is 1. The summed E-state index contributed by atoms with van der Waals surface area (Å²) >= 11 is 6.25. The van der Waals surface area contributed by atoms with Crippen LogP contribution in [0.2, 0.25) is 5.02 Å². The molecule has 3 rings (SSSR count). The van der Waals surface area contributed by atoms with Crippen LogP contribution >= 0.6 is 11.6 Å². The molecule has 6 nitrogen and oxygen atoms in total. The third kappa shape index (κ3) is 2.25. The lowest BCUT2D eigenvalue weighted by Gasteiger charge is -2.33. The van der Waals surface area contributed by atoms with Gasteiger partial charge < -0.3 is 10.5 Å². The van der Waals surface area contributed by atoms with E-state index in [0.29, 0.717) is 29.7 Å². The molecule has 106 valence electrons. The molecule has 0 aliphatic carbocycles. The SMILES string of the molecule is CC1(n2nnnc2-c2cc(N)ccc2Cl)CCOCC1. The molecule has 1 fully saturated rings. The highest BCUT2D eigenvalue weighted by molar-refractivity contribution is 6.33. The molecule has 2 N–H and O–H groups in total. The number of ether oxygens (including phenoxy) is 1. The van der Waals surface area contributed by atoms with Gasteiger partial charge in [0.05, 0.1) is 10.6 Å². The van der Waals surface area contributed by atoms with Crippen molar-refractivity contribution in [2.45, 2.75) is 25.3 Å². The molecule has 2 heterocycles. The highest BCUT2D eigenvalue weighted by atomic mass is 35.5. The Morgan fingerprint density at radius 2 is 2.10 bits per heavy atom. The van der Waals surface area contributed by atoms with Crippen molar-refractivity contribution in [2.75, 3.05) is 18.9 Å². The number of hydrogen-bond donors (Lipinski definition) is 1. The van der Waals surface area contributed by atoms with Gasteiger partial charge in [0.2, 0.25) is 0 Å². The van der Waals surface area contributed by atoms with Crippen LogP contribution in [0.1, 0.15) is 19.8 Å². The zero-order valence-electron chi connectivity index (χ0n) is 11.2. The summed E-state index contributed by atoms with van der Waals surface area (Å²) in [6.07, 6.45) is 1.73. The molecule has 1 aliphatic rings. The first-order chi connectivity index (χ1) is 9.60. The van der Waals surface area contributed by atoms with Crippen molar-refractivity contribution in [1.29, 1.82) is 0 Å². The molecule has 2 aromatic rings. The Morgan fingerprint density at radius 3 is 2.85 bits per heavy atom. The molecule has 0 radical (unpaired) electrons. The van der Waals surface area contributed by atoms with E-state index in [4.69, 9.17) is 22.1 Å². The van der Waals surface area contributed by atoms with Gasteiger partial charge in [-0.05, 0) is 48.4 Å². The minimum atomic E-state index is -0.162. The van der Waals surface area contributed by atoms with Crippen LogP contribution in [0, 0.1) is 0 Å². The van der Waals surface area contributed by atoms with Crippen molar-refractivity contribution in [3.63, 3.8) is 0 Å². The van der Waals surface area contributed by atoms with E-state index in [2.05, 4.69) is 22.4 Å². The Hall–Kier alpha value is -1.66. The normalized spacial score (nSPS) is 18.1. The quantitative estimate of drug-likeness (QED) is 0.858. The summed E-state index contributed by atoms with van der Waals surface area (Å²) in [7, 11) is 0. The summed E-state index contributed by atoms with van der Waals surface area (Å²) < 4.78 is 7.27. The zero-order chi connectivity index (χ0) is 14.2. The monoisotopic (exact) mass is 293 g/mol. The van der Waals surface area contributed by atoms with Crippen LogP contribution < -0.4 is 5.73 Å². The predicted octanol–water partition coefficient (Wildman–Crippen LogP) is 2.10. The van der Waals surface area contributed by atoms with Crippen LogP contribution in [0.3, 0.4) is 0 Å². The maximum absolute atomic E-state index is 6.25. The Labute approximate surface area is 121 Å². The minimum Gasteiger partial charge on any atom is -0.399 e. The number of anilines is 1. The molecule has 0 atom stereocenters. The molecule has 1 aliphatic heterocycles. The first-order valence-corrected chi connectivity index (χ1v) is 6.90. The van der Waals surface area contributed by atoms with Crippen LogP contribution in [0.4, 0.5) is 5.69 Å². The van der Waals surface area contributed by atoms with E-state index in [1.807, 2.05) is 4.68 Å². The van der Waals surface area contributed by atoms with E-state index in [1.165, 1.54) is 0 Å². The molecule has 0 spiro atoms. The summed E-state index contributed by atoms with van der Waals surface area (Å²) in [5.74, 6) is 0.645. The first kappa shape index (κ1) is 13.3. The summed E-state index contributed by atoms with van der Waals surface area (Å²) in [6, 6.07) is 5.32. The van der Waals surface area contributed by atoms with E-state index in [-0.39, 0.29) is 5.54 Å². The van der Waals surface area contributed by atoms with Crippen molar-refractivity contribution >= 4 is 17.3 Å². The molecular weight excluding hydrogens is 278 g/mol. The van der Waals surface area contributed by atoms with Gasteiger partial charge in [-0.2, -0.15) is 0 Å². The number of rotatable bonds is 2. The lowest BCUT2D eigenvalue weighted by Crippen LogP contribution is -2.38. The van der Waals surface area contributed by atoms with E-state index < -0.39 is 0 Å². The second-order valence-corrected chi connectivity index (χ2v) is 5.67. The van der Waals surface area contributed by atoms with Crippen molar-refractivity contribution in [3.05, 3.63) is 23.2 Å². The fraction of sp³-hybridized carbons (Fsp3) is 0.462. The summed E-state index contributed by atoms with van der Waals surface area (Å²) in [5, 5.41) is 12.7. The van der Waals surface area contributed by atoms with E-state index in [0.717, 1.165) is 18.4 Å². The highest BCUT2D eigenvalue weighted by Crippen LogP contribution is 2.34. The van der Waals surface area contributed by atoms with Gasteiger partial charge in [-0.25, -0.2) is 4.68 Å². The molecular formula is C13H16ClN5O. The molecule has 1 aromatic carbocycles. The van der Waals surface area contributed by atoms with Crippen LogP contribution in [0.5, 0.6) is 0 Å². The fourth-order valence-electron chi connectivity index (χ4n) is 2.46. The van der Waals surface area contributed by atoms with E-state index in [9.17, 15) is 0 Å². The first-order valence-electron chi connectivity index (χ1n) is 6.52. The second-order valence-electron chi connectivity index (χ2n) is 5.26. The average molecular weight is 294 g/mol. The largest absolute Gasteiger partial charge is 0.399 e. The van der Waals surface area contributed by atoms with Gasteiger partial charge in [-0.1, -0.05) is 11.6 Å². The molecule has 1 aromatic heterocycles. The fourth-order valence-corrected chi connectivity index (χ4v) is 2.66. The Bertz CT molecular complexity index is 621. The zero-order valence-corrected chi connectivity index (χ0v) is 12.0. The summed E-state index contributed by atoms with van der Waals surface area (Å²) in [5.41, 5.74) is 7.07. The molecule has 0 unspecified atom stereocenters. The Morgan fingerprint density at radius 1 is 1.35 bits per heavy atom. The number of tetrazole rings is 1. The lowest BCUT2D eigenvalue weighted by molar-refractivity contribution is 0.0240. The summed E-state index contributed by atoms with van der Waals surface area (Å²) in [6.45, 7) is 3.55. The van der Waals surface area contributed by atoms with Crippen LogP contribution in [-0.4, -0.2) is 33.4 Å². The Balaban J connectivity index is 2.08. The van der Waals surface area contributed by atoms with E-state index >= 15 is 0 Å².